The topological polar surface area (TPSA) is 79.6 Å². The molecule has 23 heavy (non-hydrogen) atoms. The van der Waals surface area contributed by atoms with E-state index in [1.807, 2.05) is 18.2 Å². The lowest BCUT2D eigenvalue weighted by Gasteiger charge is -2.24. The molecule has 1 amide bonds. The molecule has 2 saturated heterocycles. The molecule has 2 N–H and O–H groups in total. The van der Waals surface area contributed by atoms with Crippen molar-refractivity contribution in [2.75, 3.05) is 43.1 Å². The molecule has 2 aliphatic heterocycles. The van der Waals surface area contributed by atoms with Crippen LogP contribution in [0.25, 0.3) is 11.1 Å². The molecule has 0 unspecified atom stereocenters. The van der Waals surface area contributed by atoms with Gasteiger partial charge in [-0.1, -0.05) is 0 Å². The number of carbonyl (C=O) groups excluding carboxylic acids is 1. The molecule has 0 saturated carbocycles. The maximum absolute atomic E-state index is 12.2. The van der Waals surface area contributed by atoms with E-state index in [2.05, 4.69) is 20.5 Å². The molecule has 2 fully saturated rings. The third kappa shape index (κ3) is 3.02. The zero-order valence-electron chi connectivity index (χ0n) is 12.9. The summed E-state index contributed by atoms with van der Waals surface area (Å²) >= 11 is 0. The summed E-state index contributed by atoms with van der Waals surface area (Å²) in [5.74, 6) is 0.00904. The van der Waals surface area contributed by atoms with Gasteiger partial charge >= 0.3 is 0 Å². The third-order valence-corrected chi connectivity index (χ3v) is 4.30. The summed E-state index contributed by atoms with van der Waals surface area (Å²) in [5, 5.41) is 6.14. The third-order valence-electron chi connectivity index (χ3n) is 4.30. The van der Waals surface area contributed by atoms with Gasteiger partial charge in [0.15, 0.2) is 5.58 Å². The van der Waals surface area contributed by atoms with E-state index in [0.29, 0.717) is 24.8 Å². The molecule has 4 rings (SSSR count). The number of anilines is 2. The first-order valence-corrected chi connectivity index (χ1v) is 8.07. The fraction of sp³-hybridized carbons (Fsp3) is 0.500. The first kappa shape index (κ1) is 14.5. The zero-order valence-corrected chi connectivity index (χ0v) is 12.9. The van der Waals surface area contributed by atoms with Gasteiger partial charge in [-0.2, -0.15) is 4.98 Å². The summed E-state index contributed by atoms with van der Waals surface area (Å²) in [6.45, 7) is 3.85. The lowest BCUT2D eigenvalue weighted by molar-refractivity contribution is -0.117. The van der Waals surface area contributed by atoms with Crippen molar-refractivity contribution < 1.29 is 13.9 Å². The van der Waals surface area contributed by atoms with Crippen LogP contribution < -0.4 is 15.5 Å². The highest BCUT2D eigenvalue weighted by atomic mass is 16.5. The Morgan fingerprint density at radius 2 is 2.22 bits per heavy atom. The number of fused-ring (bicyclic) bond motifs is 1. The van der Waals surface area contributed by atoms with Gasteiger partial charge in [-0.25, -0.2) is 0 Å². The molecular formula is C16H20N4O3. The highest BCUT2D eigenvalue weighted by molar-refractivity contribution is 5.96. The molecule has 2 aliphatic rings. The van der Waals surface area contributed by atoms with E-state index in [1.165, 1.54) is 0 Å². The predicted molar refractivity (Wildman–Crippen MR) is 86.7 cm³/mol. The largest absolute Gasteiger partial charge is 0.423 e. The van der Waals surface area contributed by atoms with Gasteiger partial charge in [-0.05, 0) is 31.5 Å². The molecule has 2 aromatic rings. The normalized spacial score (nSPS) is 21.7. The Bertz CT molecular complexity index is 702. The first-order chi connectivity index (χ1) is 11.3. The second-order valence-electron chi connectivity index (χ2n) is 5.92. The Labute approximate surface area is 134 Å². The fourth-order valence-corrected chi connectivity index (χ4v) is 3.02. The Morgan fingerprint density at radius 1 is 1.35 bits per heavy atom. The number of carbonyl (C=O) groups is 1. The maximum Gasteiger partial charge on any atom is 0.298 e. The lowest BCUT2D eigenvalue weighted by Crippen LogP contribution is -2.36. The van der Waals surface area contributed by atoms with Gasteiger partial charge in [0.05, 0.1) is 19.3 Å². The van der Waals surface area contributed by atoms with E-state index in [1.54, 1.807) is 0 Å². The van der Waals surface area contributed by atoms with Crippen LogP contribution in [0.15, 0.2) is 22.6 Å². The van der Waals surface area contributed by atoms with Crippen LogP contribution in [-0.2, 0) is 9.53 Å². The number of nitrogens with zero attached hydrogens (tertiary/aromatic N) is 2. The molecular weight excluding hydrogens is 296 g/mol. The first-order valence-electron chi connectivity index (χ1n) is 8.07. The number of benzene rings is 1. The molecule has 1 aromatic carbocycles. The Kier molecular flexibility index (Phi) is 3.88. The fourth-order valence-electron chi connectivity index (χ4n) is 3.02. The highest BCUT2D eigenvalue weighted by Crippen LogP contribution is 2.25. The zero-order chi connectivity index (χ0) is 15.6. The maximum atomic E-state index is 12.2. The number of aromatic nitrogens is 1. The van der Waals surface area contributed by atoms with Gasteiger partial charge in [0.1, 0.15) is 5.52 Å². The number of rotatable bonds is 3. The second-order valence-corrected chi connectivity index (χ2v) is 5.92. The van der Waals surface area contributed by atoms with E-state index < -0.39 is 0 Å². The summed E-state index contributed by atoms with van der Waals surface area (Å²) in [7, 11) is 0. The molecule has 7 nitrogen and oxygen atoms in total. The molecule has 0 bridgehead atoms. The molecule has 1 aromatic heterocycles. The van der Waals surface area contributed by atoms with Crippen molar-refractivity contribution in [3.63, 3.8) is 0 Å². The molecule has 1 atom stereocenters. The van der Waals surface area contributed by atoms with E-state index in [9.17, 15) is 4.79 Å². The van der Waals surface area contributed by atoms with Gasteiger partial charge in [-0.3, -0.25) is 4.79 Å². The van der Waals surface area contributed by atoms with Crippen molar-refractivity contribution in [1.29, 1.82) is 0 Å². The Hall–Kier alpha value is -2.12. The van der Waals surface area contributed by atoms with Crippen molar-refractivity contribution in [1.82, 2.24) is 10.3 Å². The number of hydrogen-bond donors (Lipinski definition) is 2. The average molecular weight is 316 g/mol. The van der Waals surface area contributed by atoms with Crippen molar-refractivity contribution >= 4 is 28.7 Å². The van der Waals surface area contributed by atoms with Crippen LogP contribution in [0.4, 0.5) is 11.7 Å². The van der Waals surface area contributed by atoms with E-state index in [0.717, 1.165) is 43.7 Å². The average Bonchev–Trinajstić information content (AvgIpc) is 3.25. The van der Waals surface area contributed by atoms with Crippen molar-refractivity contribution in [2.45, 2.75) is 18.9 Å². The van der Waals surface area contributed by atoms with Crippen LogP contribution in [0.2, 0.25) is 0 Å². The van der Waals surface area contributed by atoms with Crippen LogP contribution in [0.1, 0.15) is 12.8 Å². The minimum atomic E-state index is -0.0932. The lowest BCUT2D eigenvalue weighted by atomic mass is 10.2. The van der Waals surface area contributed by atoms with Crippen molar-refractivity contribution in [2.24, 2.45) is 0 Å². The second kappa shape index (κ2) is 6.17. The number of morpholine rings is 1. The SMILES string of the molecule is O=C(Nc1ccc2nc(N3CCOCC3)oc2c1)[C@H]1CCCN1. The standard InChI is InChI=1S/C16H20N4O3/c21-15(13-2-1-5-17-13)18-11-3-4-12-14(10-11)23-16(19-12)20-6-8-22-9-7-20/h3-4,10,13,17H,1-2,5-9H2,(H,18,21)/t13-/m1/s1. The van der Waals surface area contributed by atoms with Gasteiger partial charge in [0, 0.05) is 24.8 Å². The van der Waals surface area contributed by atoms with Crippen LogP contribution in [0, 0.1) is 0 Å². The van der Waals surface area contributed by atoms with E-state index >= 15 is 0 Å². The summed E-state index contributed by atoms with van der Waals surface area (Å²) < 4.78 is 11.2. The van der Waals surface area contributed by atoms with Gasteiger partial charge in [0.2, 0.25) is 5.91 Å². The summed E-state index contributed by atoms with van der Waals surface area (Å²) in [6.07, 6.45) is 1.93. The molecule has 0 spiro atoms. The van der Waals surface area contributed by atoms with Crippen LogP contribution in [-0.4, -0.2) is 49.8 Å². The van der Waals surface area contributed by atoms with E-state index in [-0.39, 0.29) is 11.9 Å². The van der Waals surface area contributed by atoms with Gasteiger partial charge in [-0.15, -0.1) is 0 Å². The number of nitrogens with one attached hydrogen (secondary N) is 2. The molecule has 7 heteroatoms. The van der Waals surface area contributed by atoms with Gasteiger partial charge < -0.3 is 24.7 Å². The molecule has 3 heterocycles. The number of hydrogen-bond acceptors (Lipinski definition) is 6. The van der Waals surface area contributed by atoms with Crippen molar-refractivity contribution in [3.05, 3.63) is 18.2 Å². The van der Waals surface area contributed by atoms with Crippen LogP contribution >= 0.6 is 0 Å². The summed E-state index contributed by atoms with van der Waals surface area (Å²) in [5.41, 5.74) is 2.22. The number of ether oxygens (including phenoxy) is 1. The van der Waals surface area contributed by atoms with Crippen LogP contribution in [0.5, 0.6) is 0 Å². The van der Waals surface area contributed by atoms with Crippen molar-refractivity contribution in [3.8, 4) is 0 Å². The minimum Gasteiger partial charge on any atom is -0.423 e. The Morgan fingerprint density at radius 3 is 3.00 bits per heavy atom. The van der Waals surface area contributed by atoms with Gasteiger partial charge in [0.25, 0.3) is 6.01 Å². The number of amides is 1. The molecule has 122 valence electrons. The molecule has 0 radical (unpaired) electrons. The number of oxazole rings is 1. The smallest absolute Gasteiger partial charge is 0.298 e. The monoisotopic (exact) mass is 316 g/mol. The summed E-state index contributed by atoms with van der Waals surface area (Å²) in [4.78, 5) is 18.7. The highest BCUT2D eigenvalue weighted by Gasteiger charge is 2.22. The summed E-state index contributed by atoms with van der Waals surface area (Å²) in [6, 6.07) is 6.09. The quantitative estimate of drug-likeness (QED) is 0.890. The van der Waals surface area contributed by atoms with E-state index in [4.69, 9.17) is 9.15 Å². The molecule has 0 aliphatic carbocycles. The Balaban J connectivity index is 1.51. The van der Waals surface area contributed by atoms with Crippen LogP contribution in [0.3, 0.4) is 0 Å². The predicted octanol–water partition coefficient (Wildman–Crippen LogP) is 1.35. The minimum absolute atomic E-state index is 0.00904.